The molecule has 1 atom stereocenters. The molecule has 1 aliphatic rings. The fourth-order valence-electron chi connectivity index (χ4n) is 2.81. The highest BCUT2D eigenvalue weighted by Gasteiger charge is 2.28. The molecule has 0 bridgehead atoms. The second-order valence-corrected chi connectivity index (χ2v) is 8.55. The van der Waals surface area contributed by atoms with Crippen LogP contribution in [0.5, 0.6) is 0 Å². The second-order valence-electron chi connectivity index (χ2n) is 6.68. The van der Waals surface area contributed by atoms with E-state index in [9.17, 15) is 8.78 Å². The van der Waals surface area contributed by atoms with Gasteiger partial charge in [0.1, 0.15) is 0 Å². The average molecular weight is 328 g/mol. The molecule has 0 amide bonds. The van der Waals surface area contributed by atoms with Crippen molar-refractivity contribution in [1.82, 2.24) is 10.2 Å². The van der Waals surface area contributed by atoms with Crippen molar-refractivity contribution in [1.29, 1.82) is 0 Å². The first-order valence-corrected chi connectivity index (χ1v) is 8.69. The first-order valence-electron chi connectivity index (χ1n) is 7.87. The lowest BCUT2D eigenvalue weighted by Crippen LogP contribution is -2.45. The molecule has 22 heavy (non-hydrogen) atoms. The first-order chi connectivity index (χ1) is 10.4. The topological polar surface area (TPSA) is 15.3 Å². The summed E-state index contributed by atoms with van der Waals surface area (Å²) in [6.45, 7) is 9.85. The van der Waals surface area contributed by atoms with Gasteiger partial charge in [0, 0.05) is 48.3 Å². The summed E-state index contributed by atoms with van der Waals surface area (Å²) in [7, 11) is 0. The van der Waals surface area contributed by atoms with Gasteiger partial charge >= 0.3 is 0 Å². The highest BCUT2D eigenvalue weighted by Crippen LogP contribution is 2.39. The molecule has 5 heteroatoms. The van der Waals surface area contributed by atoms with E-state index in [1.165, 1.54) is 0 Å². The van der Waals surface area contributed by atoms with E-state index in [0.29, 0.717) is 0 Å². The monoisotopic (exact) mass is 328 g/mol. The number of halogens is 2. The molecule has 2 rings (SSSR count). The van der Waals surface area contributed by atoms with E-state index in [0.717, 1.165) is 36.6 Å². The maximum absolute atomic E-state index is 13.1. The molecule has 1 aliphatic heterocycles. The lowest BCUT2D eigenvalue weighted by molar-refractivity contribution is 0.0729. The third-order valence-corrected chi connectivity index (χ3v) is 4.89. The maximum atomic E-state index is 13.1. The Morgan fingerprint density at radius 1 is 1.18 bits per heavy atom. The molecule has 2 nitrogen and oxygen atoms in total. The summed E-state index contributed by atoms with van der Waals surface area (Å²) in [6.07, 6.45) is -2.38. The lowest BCUT2D eigenvalue weighted by atomic mass is 10.0. The molecule has 1 fully saturated rings. The number of piperazine rings is 1. The molecule has 0 aliphatic carbocycles. The molecule has 0 saturated carbocycles. The Morgan fingerprint density at radius 2 is 1.82 bits per heavy atom. The molecule has 124 valence electrons. The third kappa shape index (κ3) is 5.21. The van der Waals surface area contributed by atoms with Crippen LogP contribution in [0.25, 0.3) is 0 Å². The number of benzene rings is 1. The highest BCUT2D eigenvalue weighted by atomic mass is 32.2. The number of hydrogen-bond donors (Lipinski definition) is 1. The van der Waals surface area contributed by atoms with Crippen molar-refractivity contribution in [2.75, 3.05) is 26.2 Å². The van der Waals surface area contributed by atoms with Crippen LogP contribution in [0, 0.1) is 0 Å². The normalized spacial score (nSPS) is 18.6. The van der Waals surface area contributed by atoms with Gasteiger partial charge in [-0.25, -0.2) is 8.78 Å². The molecule has 0 aromatic heterocycles. The molecular weight excluding hydrogens is 302 g/mol. The minimum atomic E-state index is -2.28. The molecule has 1 saturated heterocycles. The predicted molar refractivity (Wildman–Crippen MR) is 89.9 cm³/mol. The summed E-state index contributed by atoms with van der Waals surface area (Å²) >= 11 is 1.76. The third-order valence-electron chi connectivity index (χ3n) is 3.69. The minimum Gasteiger partial charge on any atom is -0.314 e. The van der Waals surface area contributed by atoms with E-state index >= 15 is 0 Å². The fourth-order valence-corrected chi connectivity index (χ4v) is 3.94. The largest absolute Gasteiger partial charge is 0.314 e. The van der Waals surface area contributed by atoms with Crippen molar-refractivity contribution in [3.63, 3.8) is 0 Å². The highest BCUT2D eigenvalue weighted by molar-refractivity contribution is 8.00. The van der Waals surface area contributed by atoms with Gasteiger partial charge in [-0.2, -0.15) is 0 Å². The Balaban J connectivity index is 2.29. The van der Waals surface area contributed by atoms with Gasteiger partial charge in [0.2, 0.25) is 6.43 Å². The van der Waals surface area contributed by atoms with Crippen LogP contribution >= 0.6 is 11.8 Å². The Morgan fingerprint density at radius 3 is 2.41 bits per heavy atom. The van der Waals surface area contributed by atoms with Crippen LogP contribution < -0.4 is 5.32 Å². The van der Waals surface area contributed by atoms with Gasteiger partial charge in [-0.15, -0.1) is 11.8 Å². The van der Waals surface area contributed by atoms with E-state index in [-0.39, 0.29) is 17.2 Å². The van der Waals surface area contributed by atoms with Crippen LogP contribution in [0.2, 0.25) is 0 Å². The Kier molecular flexibility index (Phi) is 6.24. The summed E-state index contributed by atoms with van der Waals surface area (Å²) < 4.78 is 26.4. The van der Waals surface area contributed by atoms with Crippen LogP contribution in [0.15, 0.2) is 29.2 Å². The van der Waals surface area contributed by atoms with Gasteiger partial charge in [0.05, 0.1) is 0 Å². The number of nitrogens with one attached hydrogen (secondary N) is 1. The summed E-state index contributed by atoms with van der Waals surface area (Å²) in [5, 5.41) is 3.29. The summed E-state index contributed by atoms with van der Waals surface area (Å²) in [4.78, 5) is 3.32. The lowest BCUT2D eigenvalue weighted by Gasteiger charge is -2.36. The zero-order valence-corrected chi connectivity index (χ0v) is 14.4. The SMILES string of the molecule is CC(C)(C)Sc1ccccc1[C@H](CC(F)F)N1CCNCC1. The molecular formula is C17H26F2N2S. The summed E-state index contributed by atoms with van der Waals surface area (Å²) in [6, 6.07) is 7.83. The molecule has 0 unspecified atom stereocenters. The van der Waals surface area contributed by atoms with E-state index in [1.807, 2.05) is 18.2 Å². The van der Waals surface area contributed by atoms with Gasteiger partial charge in [0.25, 0.3) is 0 Å². The van der Waals surface area contributed by atoms with Crippen molar-refractivity contribution in [2.24, 2.45) is 0 Å². The van der Waals surface area contributed by atoms with Crippen molar-refractivity contribution in [2.45, 2.75) is 49.3 Å². The zero-order chi connectivity index (χ0) is 16.2. The number of nitrogens with zero attached hydrogens (tertiary/aromatic N) is 1. The molecule has 0 radical (unpaired) electrons. The summed E-state index contributed by atoms with van der Waals surface area (Å²) in [5.41, 5.74) is 1.05. The molecule has 1 N–H and O–H groups in total. The zero-order valence-electron chi connectivity index (χ0n) is 13.6. The quantitative estimate of drug-likeness (QED) is 0.816. The van der Waals surface area contributed by atoms with Gasteiger partial charge < -0.3 is 5.32 Å². The van der Waals surface area contributed by atoms with Crippen LogP contribution in [-0.4, -0.2) is 42.3 Å². The minimum absolute atomic E-state index is 0.0644. The van der Waals surface area contributed by atoms with Crippen molar-refractivity contribution in [3.05, 3.63) is 29.8 Å². The van der Waals surface area contributed by atoms with E-state index in [4.69, 9.17) is 0 Å². The first kappa shape index (κ1) is 17.7. The number of alkyl halides is 2. The Labute approximate surface area is 136 Å². The molecule has 1 heterocycles. The molecule has 0 spiro atoms. The number of hydrogen-bond acceptors (Lipinski definition) is 3. The number of thioether (sulfide) groups is 1. The fraction of sp³-hybridized carbons (Fsp3) is 0.647. The van der Waals surface area contributed by atoms with Crippen LogP contribution in [-0.2, 0) is 0 Å². The van der Waals surface area contributed by atoms with Gasteiger partial charge in [-0.05, 0) is 11.6 Å². The van der Waals surface area contributed by atoms with Crippen molar-refractivity contribution >= 4 is 11.8 Å². The smallest absolute Gasteiger partial charge is 0.240 e. The van der Waals surface area contributed by atoms with Gasteiger partial charge in [-0.3, -0.25) is 4.90 Å². The summed E-state index contributed by atoms with van der Waals surface area (Å²) in [5.74, 6) is 0. The van der Waals surface area contributed by atoms with Crippen molar-refractivity contribution in [3.8, 4) is 0 Å². The van der Waals surface area contributed by atoms with E-state index in [1.54, 1.807) is 11.8 Å². The maximum Gasteiger partial charge on any atom is 0.240 e. The average Bonchev–Trinajstić information content (AvgIpc) is 2.45. The van der Waals surface area contributed by atoms with E-state index < -0.39 is 6.43 Å². The second kappa shape index (κ2) is 7.75. The molecule has 1 aromatic rings. The van der Waals surface area contributed by atoms with Gasteiger partial charge in [0.15, 0.2) is 0 Å². The Bertz CT molecular complexity index is 468. The van der Waals surface area contributed by atoms with Crippen LogP contribution in [0.3, 0.4) is 0 Å². The van der Waals surface area contributed by atoms with Crippen LogP contribution in [0.1, 0.15) is 38.8 Å². The predicted octanol–water partition coefficient (Wildman–Crippen LogP) is 4.18. The van der Waals surface area contributed by atoms with E-state index in [2.05, 4.69) is 37.1 Å². The van der Waals surface area contributed by atoms with Crippen molar-refractivity contribution < 1.29 is 8.78 Å². The number of rotatable bonds is 5. The van der Waals surface area contributed by atoms with Crippen LogP contribution in [0.4, 0.5) is 8.78 Å². The molecule has 1 aromatic carbocycles. The Hall–Kier alpha value is -0.650. The standard InChI is InChI=1S/C17H26F2N2S/c1-17(2,3)22-15-7-5-4-6-13(15)14(12-16(18)19)21-10-8-20-9-11-21/h4-7,14,16,20H,8-12H2,1-3H3/t14-/m0/s1. The van der Waals surface area contributed by atoms with Gasteiger partial charge in [-0.1, -0.05) is 39.0 Å².